The van der Waals surface area contributed by atoms with Crippen LogP contribution >= 0.6 is 34.5 Å². The van der Waals surface area contributed by atoms with Gasteiger partial charge in [-0.05, 0) is 30.3 Å². The van der Waals surface area contributed by atoms with Gasteiger partial charge in [0, 0.05) is 5.56 Å². The van der Waals surface area contributed by atoms with Crippen molar-refractivity contribution in [2.75, 3.05) is 12.1 Å². The van der Waals surface area contributed by atoms with Crippen LogP contribution in [0.4, 0.5) is 5.13 Å². The van der Waals surface area contributed by atoms with E-state index in [-0.39, 0.29) is 12.7 Å². The summed E-state index contributed by atoms with van der Waals surface area (Å²) in [5, 5.41) is 4.01. The van der Waals surface area contributed by atoms with E-state index < -0.39 is 0 Å². The molecule has 1 aromatic heterocycles. The SMILES string of the molecule is O=C(Nc1nc2c(Cl)c(Cl)ccc2s1)c1ccc2c(c1)OCO2. The van der Waals surface area contributed by atoms with E-state index in [1.807, 2.05) is 6.07 Å². The van der Waals surface area contributed by atoms with Gasteiger partial charge >= 0.3 is 0 Å². The fourth-order valence-electron chi connectivity index (χ4n) is 2.20. The van der Waals surface area contributed by atoms with Crippen molar-refractivity contribution >= 4 is 55.8 Å². The maximum absolute atomic E-state index is 12.3. The molecule has 0 bridgehead atoms. The fourth-order valence-corrected chi connectivity index (χ4v) is 3.48. The predicted octanol–water partition coefficient (Wildman–Crippen LogP) is 4.58. The molecule has 0 fully saturated rings. The average molecular weight is 367 g/mol. The summed E-state index contributed by atoms with van der Waals surface area (Å²) in [6, 6.07) is 8.52. The molecule has 3 aromatic rings. The summed E-state index contributed by atoms with van der Waals surface area (Å²) >= 11 is 13.4. The van der Waals surface area contributed by atoms with Gasteiger partial charge in [-0.15, -0.1) is 0 Å². The van der Waals surface area contributed by atoms with Crippen molar-refractivity contribution in [1.82, 2.24) is 4.98 Å². The molecule has 0 radical (unpaired) electrons. The number of amides is 1. The Balaban J connectivity index is 1.62. The Bertz CT molecular complexity index is 942. The summed E-state index contributed by atoms with van der Waals surface area (Å²) < 4.78 is 11.3. The van der Waals surface area contributed by atoms with Crippen LogP contribution in [-0.4, -0.2) is 17.7 Å². The van der Waals surface area contributed by atoms with E-state index in [1.165, 1.54) is 11.3 Å². The lowest BCUT2D eigenvalue weighted by atomic mass is 10.2. The van der Waals surface area contributed by atoms with Crippen LogP contribution in [0.25, 0.3) is 10.2 Å². The van der Waals surface area contributed by atoms with Gasteiger partial charge in [-0.1, -0.05) is 34.5 Å². The molecule has 2 heterocycles. The van der Waals surface area contributed by atoms with Gasteiger partial charge in [0.1, 0.15) is 5.52 Å². The maximum Gasteiger partial charge on any atom is 0.257 e. The molecule has 1 aliphatic heterocycles. The molecule has 0 atom stereocenters. The van der Waals surface area contributed by atoms with Crippen LogP contribution in [0.1, 0.15) is 10.4 Å². The van der Waals surface area contributed by atoms with Crippen molar-refractivity contribution in [1.29, 1.82) is 0 Å². The number of ether oxygens (including phenoxy) is 2. The first-order chi connectivity index (χ1) is 11.1. The molecular formula is C15H8Cl2N2O3S. The molecule has 23 heavy (non-hydrogen) atoms. The van der Waals surface area contributed by atoms with Crippen LogP contribution in [0.2, 0.25) is 10.0 Å². The quantitative estimate of drug-likeness (QED) is 0.720. The lowest BCUT2D eigenvalue weighted by molar-refractivity contribution is 0.102. The number of carbonyl (C=O) groups is 1. The summed E-state index contributed by atoms with van der Waals surface area (Å²) in [6.45, 7) is 0.164. The van der Waals surface area contributed by atoms with Crippen molar-refractivity contribution in [2.45, 2.75) is 0 Å². The number of nitrogens with one attached hydrogen (secondary N) is 1. The number of benzene rings is 2. The molecule has 5 nitrogen and oxygen atoms in total. The van der Waals surface area contributed by atoms with Crippen LogP contribution in [-0.2, 0) is 0 Å². The molecule has 1 N–H and O–H groups in total. The van der Waals surface area contributed by atoms with Crippen molar-refractivity contribution < 1.29 is 14.3 Å². The van der Waals surface area contributed by atoms with Gasteiger partial charge in [0.2, 0.25) is 6.79 Å². The van der Waals surface area contributed by atoms with Crippen LogP contribution in [0.5, 0.6) is 11.5 Å². The van der Waals surface area contributed by atoms with Crippen molar-refractivity contribution in [3.63, 3.8) is 0 Å². The first kappa shape index (κ1) is 14.6. The van der Waals surface area contributed by atoms with E-state index in [4.69, 9.17) is 32.7 Å². The molecular weight excluding hydrogens is 359 g/mol. The monoisotopic (exact) mass is 366 g/mol. The van der Waals surface area contributed by atoms with Gasteiger partial charge in [-0.2, -0.15) is 0 Å². The van der Waals surface area contributed by atoms with Crippen LogP contribution < -0.4 is 14.8 Å². The van der Waals surface area contributed by atoms with Gasteiger partial charge in [-0.3, -0.25) is 10.1 Å². The van der Waals surface area contributed by atoms with Crippen molar-refractivity contribution in [3.05, 3.63) is 45.9 Å². The van der Waals surface area contributed by atoms with Crippen LogP contribution in [0.3, 0.4) is 0 Å². The third-order valence-electron chi connectivity index (χ3n) is 3.31. The minimum Gasteiger partial charge on any atom is -0.454 e. The van der Waals surface area contributed by atoms with Gasteiger partial charge in [-0.25, -0.2) is 4.98 Å². The first-order valence-electron chi connectivity index (χ1n) is 6.57. The molecule has 0 saturated heterocycles. The third kappa shape index (κ3) is 2.59. The lowest BCUT2D eigenvalue weighted by Crippen LogP contribution is -2.11. The third-order valence-corrected chi connectivity index (χ3v) is 5.04. The summed E-state index contributed by atoms with van der Waals surface area (Å²) in [6.07, 6.45) is 0. The van der Waals surface area contributed by atoms with Gasteiger partial charge in [0.05, 0.1) is 14.7 Å². The van der Waals surface area contributed by atoms with E-state index in [0.717, 1.165) is 4.70 Å². The van der Waals surface area contributed by atoms with E-state index >= 15 is 0 Å². The Morgan fingerprint density at radius 2 is 2.00 bits per heavy atom. The maximum atomic E-state index is 12.3. The number of carbonyl (C=O) groups excluding carboxylic acids is 1. The summed E-state index contributed by atoms with van der Waals surface area (Å²) in [5.74, 6) is 0.893. The van der Waals surface area contributed by atoms with E-state index in [9.17, 15) is 4.79 Å². The zero-order valence-electron chi connectivity index (χ0n) is 11.4. The second-order valence-corrected chi connectivity index (χ2v) is 6.57. The molecule has 2 aromatic carbocycles. The molecule has 0 saturated carbocycles. The van der Waals surface area contributed by atoms with E-state index in [2.05, 4.69) is 10.3 Å². The number of rotatable bonds is 2. The molecule has 0 spiro atoms. The molecule has 4 rings (SSSR count). The van der Waals surface area contributed by atoms with Gasteiger partial charge in [0.15, 0.2) is 16.6 Å². The number of thiazole rings is 1. The number of hydrogen-bond acceptors (Lipinski definition) is 5. The number of hydrogen-bond donors (Lipinski definition) is 1. The molecule has 0 aliphatic carbocycles. The molecule has 116 valence electrons. The topological polar surface area (TPSA) is 60.5 Å². The minimum absolute atomic E-state index is 0.164. The van der Waals surface area contributed by atoms with Gasteiger partial charge in [0.25, 0.3) is 5.91 Å². The van der Waals surface area contributed by atoms with E-state index in [1.54, 1.807) is 24.3 Å². The zero-order chi connectivity index (χ0) is 16.0. The predicted molar refractivity (Wildman–Crippen MR) is 90.2 cm³/mol. The van der Waals surface area contributed by atoms with Crippen molar-refractivity contribution in [2.24, 2.45) is 0 Å². The highest BCUT2D eigenvalue weighted by atomic mass is 35.5. The van der Waals surface area contributed by atoms with E-state index in [0.29, 0.717) is 37.8 Å². The number of halogens is 2. The highest BCUT2D eigenvalue weighted by Gasteiger charge is 2.17. The first-order valence-corrected chi connectivity index (χ1v) is 8.14. The molecule has 0 unspecified atom stereocenters. The standard InChI is InChI=1S/C15H8Cl2N2O3S/c16-8-2-4-11-13(12(8)17)18-15(23-11)19-14(20)7-1-3-9-10(5-7)22-6-21-9/h1-5H,6H2,(H,18,19,20). The summed E-state index contributed by atoms with van der Waals surface area (Å²) in [7, 11) is 0. The Kier molecular flexibility index (Phi) is 3.52. The smallest absolute Gasteiger partial charge is 0.257 e. The normalized spacial score (nSPS) is 12.6. The second-order valence-electron chi connectivity index (χ2n) is 4.75. The molecule has 1 amide bonds. The Labute approximate surface area is 144 Å². The fraction of sp³-hybridized carbons (Fsp3) is 0.0667. The average Bonchev–Trinajstić information content (AvgIpc) is 3.16. The largest absolute Gasteiger partial charge is 0.454 e. The van der Waals surface area contributed by atoms with Crippen LogP contribution in [0.15, 0.2) is 30.3 Å². The highest BCUT2D eigenvalue weighted by Crippen LogP contribution is 2.36. The van der Waals surface area contributed by atoms with Gasteiger partial charge < -0.3 is 9.47 Å². The number of nitrogens with zero attached hydrogens (tertiary/aromatic N) is 1. The number of anilines is 1. The number of fused-ring (bicyclic) bond motifs is 2. The molecule has 8 heteroatoms. The summed E-state index contributed by atoms with van der Waals surface area (Å²) in [5.41, 5.74) is 1.03. The second kappa shape index (κ2) is 5.56. The molecule has 1 aliphatic rings. The highest BCUT2D eigenvalue weighted by molar-refractivity contribution is 7.22. The Hall–Kier alpha value is -2.02. The summed E-state index contributed by atoms with van der Waals surface area (Å²) in [4.78, 5) is 16.7. The van der Waals surface area contributed by atoms with Crippen LogP contribution in [0, 0.1) is 0 Å². The lowest BCUT2D eigenvalue weighted by Gasteiger charge is -2.02. The minimum atomic E-state index is -0.287. The van der Waals surface area contributed by atoms with Crippen molar-refractivity contribution in [3.8, 4) is 11.5 Å². The number of aromatic nitrogens is 1. The Morgan fingerprint density at radius 3 is 2.87 bits per heavy atom. The Morgan fingerprint density at radius 1 is 1.17 bits per heavy atom. The zero-order valence-corrected chi connectivity index (χ0v) is 13.8.